The molecule has 0 spiro atoms. The highest BCUT2D eigenvalue weighted by Gasteiger charge is 2.48. The predicted molar refractivity (Wildman–Crippen MR) is 120 cm³/mol. The summed E-state index contributed by atoms with van der Waals surface area (Å²) in [6.45, 7) is 0. The van der Waals surface area contributed by atoms with Crippen molar-refractivity contribution in [2.24, 2.45) is 0 Å². The second-order valence-corrected chi connectivity index (χ2v) is 7.65. The Balaban J connectivity index is 2.02. The Labute approximate surface area is 197 Å². The van der Waals surface area contributed by atoms with Gasteiger partial charge < -0.3 is 14.6 Å². The van der Waals surface area contributed by atoms with Gasteiger partial charge in [0.25, 0.3) is 11.7 Å². The number of halogens is 3. The van der Waals surface area contributed by atoms with Crippen LogP contribution in [0.2, 0.25) is 5.02 Å². The molecule has 3 aromatic rings. The molecule has 0 aliphatic carbocycles. The number of Topliss-reactive ketones (excluding diaryl/α,β-unsaturated/α-hetero) is 1. The van der Waals surface area contributed by atoms with Crippen LogP contribution in [0.15, 0.2) is 60.4 Å². The van der Waals surface area contributed by atoms with Crippen molar-refractivity contribution in [1.82, 2.24) is 4.98 Å². The summed E-state index contributed by atoms with van der Waals surface area (Å²) in [6, 6.07) is 7.02. The van der Waals surface area contributed by atoms with Crippen LogP contribution in [0.25, 0.3) is 5.76 Å². The highest BCUT2D eigenvalue weighted by Crippen LogP contribution is 2.45. The lowest BCUT2D eigenvalue weighted by atomic mass is 9.95. The number of ketones is 1. The number of pyridine rings is 1. The number of methoxy groups -OCH3 is 2. The first-order valence-electron chi connectivity index (χ1n) is 9.86. The number of benzene rings is 2. The second-order valence-electron chi connectivity index (χ2n) is 7.24. The van der Waals surface area contributed by atoms with E-state index in [9.17, 15) is 23.5 Å². The van der Waals surface area contributed by atoms with Gasteiger partial charge in [0.05, 0.1) is 42.1 Å². The van der Waals surface area contributed by atoms with Gasteiger partial charge in [0.1, 0.15) is 28.9 Å². The van der Waals surface area contributed by atoms with E-state index in [1.807, 2.05) is 0 Å². The highest BCUT2D eigenvalue weighted by molar-refractivity contribution is 6.51. The van der Waals surface area contributed by atoms with Crippen molar-refractivity contribution in [3.8, 4) is 11.5 Å². The van der Waals surface area contributed by atoms with E-state index in [-0.39, 0.29) is 33.2 Å². The molecule has 1 unspecified atom stereocenters. The van der Waals surface area contributed by atoms with E-state index in [1.165, 1.54) is 38.7 Å². The van der Waals surface area contributed by atoms with Crippen molar-refractivity contribution in [2.75, 3.05) is 19.1 Å². The quantitative estimate of drug-likeness (QED) is 0.320. The Bertz CT molecular complexity index is 1330. The van der Waals surface area contributed by atoms with Crippen LogP contribution in [0.4, 0.5) is 14.5 Å². The molecule has 0 radical (unpaired) electrons. The van der Waals surface area contributed by atoms with E-state index < -0.39 is 40.8 Å². The second kappa shape index (κ2) is 9.11. The molecule has 1 aromatic heterocycles. The number of carbonyl (C=O) groups excluding carboxylic acids is 2. The first kappa shape index (κ1) is 23.2. The summed E-state index contributed by atoms with van der Waals surface area (Å²) in [5.74, 6) is -4.34. The monoisotopic (exact) mass is 486 g/mol. The van der Waals surface area contributed by atoms with E-state index in [0.717, 1.165) is 23.1 Å². The molecule has 1 aliphatic heterocycles. The smallest absolute Gasteiger partial charge is 0.300 e. The number of amides is 1. The zero-order chi connectivity index (χ0) is 24.6. The molecule has 1 saturated heterocycles. The lowest BCUT2D eigenvalue weighted by Crippen LogP contribution is -2.30. The molecule has 2 aromatic carbocycles. The fourth-order valence-electron chi connectivity index (χ4n) is 3.80. The van der Waals surface area contributed by atoms with Crippen LogP contribution < -0.4 is 14.4 Å². The standard InChI is InChI=1S/C24H17ClF2N2O5/c1-33-18-10-15(25)19(34-2)9-14(18)22(30)20-21(12-4-3-7-28-11-12)29(24(32)23(20)31)17-8-13(26)5-6-16(17)27/h3-11,21,30H,1-2H3/b22-20+. The van der Waals surface area contributed by atoms with Gasteiger partial charge in [-0.05, 0) is 29.8 Å². The Morgan fingerprint density at radius 2 is 1.82 bits per heavy atom. The van der Waals surface area contributed by atoms with Gasteiger partial charge >= 0.3 is 0 Å². The Kier molecular flexibility index (Phi) is 6.21. The van der Waals surface area contributed by atoms with Crippen molar-refractivity contribution >= 4 is 34.7 Å². The molecule has 10 heteroatoms. The summed E-state index contributed by atoms with van der Waals surface area (Å²) in [7, 11) is 2.69. The maximum Gasteiger partial charge on any atom is 0.300 e. The molecule has 1 fully saturated rings. The van der Waals surface area contributed by atoms with E-state index in [0.29, 0.717) is 0 Å². The topological polar surface area (TPSA) is 89.0 Å². The predicted octanol–water partition coefficient (Wildman–Crippen LogP) is 4.66. The molecule has 7 nitrogen and oxygen atoms in total. The molecule has 34 heavy (non-hydrogen) atoms. The summed E-state index contributed by atoms with van der Waals surface area (Å²) in [5, 5.41) is 11.4. The zero-order valence-electron chi connectivity index (χ0n) is 17.9. The normalized spacial score (nSPS) is 17.2. The molecule has 1 atom stereocenters. The van der Waals surface area contributed by atoms with Crippen molar-refractivity contribution < 1.29 is 33.0 Å². The largest absolute Gasteiger partial charge is 0.507 e. The summed E-state index contributed by atoms with van der Waals surface area (Å²) in [5.41, 5.74) is -0.540. The number of carbonyl (C=O) groups is 2. The number of nitrogens with zero attached hydrogens (tertiary/aromatic N) is 2. The minimum atomic E-state index is -1.31. The van der Waals surface area contributed by atoms with Gasteiger partial charge in [0.15, 0.2) is 0 Å². The SMILES string of the molecule is COc1cc(/C(O)=C2\C(=O)C(=O)N(c3cc(F)ccc3F)C2c2cccnc2)c(OC)cc1Cl. The van der Waals surface area contributed by atoms with Crippen LogP contribution in [0.1, 0.15) is 17.2 Å². The van der Waals surface area contributed by atoms with Crippen molar-refractivity contribution in [1.29, 1.82) is 0 Å². The Hall–Kier alpha value is -3.98. The number of aliphatic hydroxyl groups excluding tert-OH is 1. The van der Waals surface area contributed by atoms with Crippen molar-refractivity contribution in [2.45, 2.75) is 6.04 Å². The van der Waals surface area contributed by atoms with Gasteiger partial charge in [0.2, 0.25) is 0 Å². The maximum atomic E-state index is 14.7. The number of rotatable bonds is 5. The first-order valence-corrected chi connectivity index (χ1v) is 10.2. The number of aromatic nitrogens is 1. The van der Waals surface area contributed by atoms with E-state index in [2.05, 4.69) is 4.98 Å². The fraction of sp³-hybridized carbons (Fsp3) is 0.125. The summed E-state index contributed by atoms with van der Waals surface area (Å²) in [4.78, 5) is 31.0. The number of ether oxygens (including phenoxy) is 2. The number of aliphatic hydroxyl groups is 1. The van der Waals surface area contributed by atoms with Crippen LogP contribution in [-0.4, -0.2) is 36.0 Å². The maximum absolute atomic E-state index is 14.7. The molecule has 174 valence electrons. The van der Waals surface area contributed by atoms with E-state index in [4.69, 9.17) is 21.1 Å². The molecule has 1 N–H and O–H groups in total. The van der Waals surface area contributed by atoms with Crippen molar-refractivity contribution in [3.63, 3.8) is 0 Å². The summed E-state index contributed by atoms with van der Waals surface area (Å²) < 4.78 is 39.2. The molecule has 2 heterocycles. The average molecular weight is 487 g/mol. The Morgan fingerprint density at radius 1 is 1.09 bits per heavy atom. The molecular weight excluding hydrogens is 470 g/mol. The minimum Gasteiger partial charge on any atom is -0.507 e. The zero-order valence-corrected chi connectivity index (χ0v) is 18.6. The molecule has 4 rings (SSSR count). The number of hydrogen-bond acceptors (Lipinski definition) is 6. The Morgan fingerprint density at radius 3 is 2.47 bits per heavy atom. The summed E-state index contributed by atoms with van der Waals surface area (Å²) >= 11 is 6.14. The fourth-order valence-corrected chi connectivity index (χ4v) is 4.03. The van der Waals surface area contributed by atoms with Crippen LogP contribution in [0.3, 0.4) is 0 Å². The average Bonchev–Trinajstić information content (AvgIpc) is 3.10. The number of hydrogen-bond donors (Lipinski definition) is 1. The van der Waals surface area contributed by atoms with Crippen LogP contribution in [-0.2, 0) is 9.59 Å². The molecule has 0 bridgehead atoms. The van der Waals surface area contributed by atoms with E-state index in [1.54, 1.807) is 12.1 Å². The van der Waals surface area contributed by atoms with Crippen LogP contribution in [0.5, 0.6) is 11.5 Å². The third-order valence-corrected chi connectivity index (χ3v) is 5.64. The van der Waals surface area contributed by atoms with Crippen molar-refractivity contribution in [3.05, 3.63) is 88.2 Å². The minimum absolute atomic E-state index is 0.00959. The molecule has 1 amide bonds. The van der Waals surface area contributed by atoms with Gasteiger partial charge in [-0.25, -0.2) is 8.78 Å². The third kappa shape index (κ3) is 3.84. The van der Waals surface area contributed by atoms with Crippen LogP contribution in [0, 0.1) is 11.6 Å². The van der Waals surface area contributed by atoms with E-state index >= 15 is 0 Å². The first-order chi connectivity index (χ1) is 16.3. The lowest BCUT2D eigenvalue weighted by molar-refractivity contribution is -0.132. The van der Waals surface area contributed by atoms with Crippen LogP contribution >= 0.6 is 11.6 Å². The van der Waals surface area contributed by atoms with Gasteiger partial charge in [0, 0.05) is 24.5 Å². The lowest BCUT2D eigenvalue weighted by Gasteiger charge is -2.25. The van der Waals surface area contributed by atoms with Gasteiger partial charge in [-0.15, -0.1) is 0 Å². The third-order valence-electron chi connectivity index (χ3n) is 5.34. The molecule has 0 saturated carbocycles. The van der Waals surface area contributed by atoms with Gasteiger partial charge in [-0.2, -0.15) is 0 Å². The van der Waals surface area contributed by atoms with Gasteiger partial charge in [-0.1, -0.05) is 17.7 Å². The molecular formula is C24H17ClF2N2O5. The number of anilines is 1. The molecule has 1 aliphatic rings. The summed E-state index contributed by atoms with van der Waals surface area (Å²) in [6.07, 6.45) is 2.82. The highest BCUT2D eigenvalue weighted by atomic mass is 35.5. The van der Waals surface area contributed by atoms with Gasteiger partial charge in [-0.3, -0.25) is 19.5 Å².